The predicted molar refractivity (Wildman–Crippen MR) is 132 cm³/mol. The maximum atomic E-state index is 13.3. The highest BCUT2D eigenvalue weighted by molar-refractivity contribution is 7.80. The summed E-state index contributed by atoms with van der Waals surface area (Å²) in [6.07, 6.45) is 3.00. The molecule has 0 aromatic heterocycles. The molecule has 0 fully saturated rings. The number of carbonyl (C=O) groups is 2. The van der Waals surface area contributed by atoms with Gasteiger partial charge < -0.3 is 15.4 Å². The SMILES string of the molecule is COc1ccc(/C=C/C(=O)NC(=S)Nc2cccc(C(=O)Nc3ccc(F)c(Cl)c3)c2)cc1. The normalized spacial score (nSPS) is 10.5. The largest absolute Gasteiger partial charge is 0.497 e. The van der Waals surface area contributed by atoms with Gasteiger partial charge in [-0.05, 0) is 72.4 Å². The number of methoxy groups -OCH3 is 1. The minimum absolute atomic E-state index is 0.0715. The van der Waals surface area contributed by atoms with Gasteiger partial charge in [-0.3, -0.25) is 14.9 Å². The first-order valence-electron chi connectivity index (χ1n) is 9.64. The smallest absolute Gasteiger partial charge is 0.255 e. The van der Waals surface area contributed by atoms with Crippen molar-refractivity contribution >= 4 is 58.2 Å². The fourth-order valence-electron chi connectivity index (χ4n) is 2.72. The molecule has 0 aliphatic heterocycles. The summed E-state index contributed by atoms with van der Waals surface area (Å²) in [5.41, 5.74) is 2.01. The van der Waals surface area contributed by atoms with Gasteiger partial charge >= 0.3 is 0 Å². The number of ether oxygens (including phenoxy) is 1. The number of hydrogen-bond acceptors (Lipinski definition) is 4. The predicted octanol–water partition coefficient (Wildman–Crippen LogP) is 5.27. The van der Waals surface area contributed by atoms with Gasteiger partial charge in [-0.15, -0.1) is 0 Å². The molecule has 0 spiro atoms. The number of hydrogen-bond donors (Lipinski definition) is 3. The van der Waals surface area contributed by atoms with E-state index in [1.165, 1.54) is 24.3 Å². The lowest BCUT2D eigenvalue weighted by Crippen LogP contribution is -2.32. The van der Waals surface area contributed by atoms with Crippen molar-refractivity contribution in [3.05, 3.63) is 94.8 Å². The summed E-state index contributed by atoms with van der Waals surface area (Å²) in [6.45, 7) is 0. The standard InChI is InChI=1S/C24H19ClFN3O3S/c1-32-19-9-5-15(6-10-19)7-12-22(30)29-24(33)28-17-4-2-3-16(13-17)23(31)27-18-8-11-21(26)20(25)14-18/h2-14H,1H3,(H,27,31)(H2,28,29,30,33)/b12-7+. The average Bonchev–Trinajstić information content (AvgIpc) is 2.80. The second-order valence-electron chi connectivity index (χ2n) is 6.71. The Bertz CT molecular complexity index is 1220. The third-order valence-corrected chi connectivity index (χ3v) is 4.83. The number of benzene rings is 3. The van der Waals surface area contributed by atoms with Crippen molar-refractivity contribution in [3.63, 3.8) is 0 Å². The molecule has 0 unspecified atom stereocenters. The fraction of sp³-hybridized carbons (Fsp3) is 0.0417. The summed E-state index contributed by atoms with van der Waals surface area (Å²) in [4.78, 5) is 24.6. The van der Waals surface area contributed by atoms with E-state index < -0.39 is 17.6 Å². The third kappa shape index (κ3) is 7.13. The van der Waals surface area contributed by atoms with Crippen LogP contribution in [0.5, 0.6) is 5.75 Å². The Hall–Kier alpha value is -3.75. The maximum absolute atomic E-state index is 13.3. The van der Waals surface area contributed by atoms with Gasteiger partial charge in [0.2, 0.25) is 5.91 Å². The molecule has 0 saturated heterocycles. The van der Waals surface area contributed by atoms with Crippen molar-refractivity contribution in [1.29, 1.82) is 0 Å². The quantitative estimate of drug-likeness (QED) is 0.329. The Morgan fingerprint density at radius 1 is 1.00 bits per heavy atom. The molecule has 0 radical (unpaired) electrons. The first-order chi connectivity index (χ1) is 15.8. The van der Waals surface area contributed by atoms with Crippen LogP contribution in [0.1, 0.15) is 15.9 Å². The molecule has 9 heteroatoms. The molecule has 3 rings (SSSR count). The van der Waals surface area contributed by atoms with E-state index in [9.17, 15) is 14.0 Å². The lowest BCUT2D eigenvalue weighted by atomic mass is 10.2. The van der Waals surface area contributed by atoms with Crippen molar-refractivity contribution in [1.82, 2.24) is 5.32 Å². The first-order valence-corrected chi connectivity index (χ1v) is 10.4. The summed E-state index contributed by atoms with van der Waals surface area (Å²) in [5, 5.41) is 8.02. The number of halogens is 2. The summed E-state index contributed by atoms with van der Waals surface area (Å²) in [5.74, 6) is -0.682. The van der Waals surface area contributed by atoms with Crippen LogP contribution in [0.3, 0.4) is 0 Å². The molecular weight excluding hydrogens is 465 g/mol. The molecule has 33 heavy (non-hydrogen) atoms. The molecule has 0 heterocycles. The second kappa shape index (κ2) is 11.2. The van der Waals surface area contributed by atoms with Crippen LogP contribution in [-0.4, -0.2) is 24.0 Å². The topological polar surface area (TPSA) is 79.5 Å². The molecule has 0 saturated carbocycles. The molecule has 3 N–H and O–H groups in total. The molecule has 0 aliphatic carbocycles. The van der Waals surface area contributed by atoms with Gasteiger partial charge in [0.05, 0.1) is 12.1 Å². The highest BCUT2D eigenvalue weighted by atomic mass is 35.5. The van der Waals surface area contributed by atoms with Crippen molar-refractivity contribution in [2.45, 2.75) is 0 Å². The van der Waals surface area contributed by atoms with Gasteiger partial charge in [0.15, 0.2) is 5.11 Å². The van der Waals surface area contributed by atoms with E-state index in [4.69, 9.17) is 28.6 Å². The zero-order valence-electron chi connectivity index (χ0n) is 17.4. The molecule has 3 aromatic carbocycles. The Morgan fingerprint density at radius 2 is 1.73 bits per heavy atom. The summed E-state index contributed by atoms with van der Waals surface area (Å²) in [7, 11) is 1.58. The molecule has 3 aromatic rings. The Morgan fingerprint density at radius 3 is 2.42 bits per heavy atom. The minimum atomic E-state index is -0.574. The Kier molecular flexibility index (Phi) is 8.12. The fourth-order valence-corrected chi connectivity index (χ4v) is 3.12. The number of amides is 2. The number of anilines is 2. The van der Waals surface area contributed by atoms with E-state index in [0.29, 0.717) is 16.9 Å². The van der Waals surface area contributed by atoms with Crippen molar-refractivity contribution in [2.75, 3.05) is 17.7 Å². The summed E-state index contributed by atoms with van der Waals surface area (Å²) in [6, 6.07) is 17.6. The minimum Gasteiger partial charge on any atom is -0.497 e. The second-order valence-corrected chi connectivity index (χ2v) is 7.53. The zero-order chi connectivity index (χ0) is 23.8. The van der Waals surface area contributed by atoms with Crippen molar-refractivity contribution in [2.24, 2.45) is 0 Å². The average molecular weight is 484 g/mol. The maximum Gasteiger partial charge on any atom is 0.255 e. The van der Waals surface area contributed by atoms with E-state index >= 15 is 0 Å². The van der Waals surface area contributed by atoms with Gasteiger partial charge in [-0.2, -0.15) is 0 Å². The number of carbonyl (C=O) groups excluding carboxylic acids is 2. The first kappa shape index (κ1) is 23.9. The summed E-state index contributed by atoms with van der Waals surface area (Å²) >= 11 is 10.9. The number of nitrogens with one attached hydrogen (secondary N) is 3. The molecule has 168 valence electrons. The van der Waals surface area contributed by atoms with Gasteiger partial charge in [0.1, 0.15) is 11.6 Å². The van der Waals surface area contributed by atoms with Crippen LogP contribution in [0.2, 0.25) is 5.02 Å². The van der Waals surface area contributed by atoms with Crippen LogP contribution in [0, 0.1) is 5.82 Å². The van der Waals surface area contributed by atoms with Crippen LogP contribution in [0.4, 0.5) is 15.8 Å². The molecular formula is C24H19ClFN3O3S. The summed E-state index contributed by atoms with van der Waals surface area (Å²) < 4.78 is 18.4. The van der Waals surface area contributed by atoms with E-state index in [1.54, 1.807) is 49.6 Å². The number of thiocarbonyl (C=S) groups is 1. The van der Waals surface area contributed by atoms with Gasteiger partial charge in [-0.25, -0.2) is 4.39 Å². The van der Waals surface area contributed by atoms with E-state index in [2.05, 4.69) is 16.0 Å². The molecule has 0 aliphatic rings. The molecule has 2 amide bonds. The van der Waals surface area contributed by atoms with Gasteiger partial charge in [-0.1, -0.05) is 29.8 Å². The Labute approximate surface area is 200 Å². The zero-order valence-corrected chi connectivity index (χ0v) is 19.0. The van der Waals surface area contributed by atoms with Crippen molar-refractivity contribution < 1.29 is 18.7 Å². The van der Waals surface area contributed by atoms with E-state index in [1.807, 2.05) is 12.1 Å². The van der Waals surface area contributed by atoms with Crippen LogP contribution >= 0.6 is 23.8 Å². The highest BCUT2D eigenvalue weighted by Gasteiger charge is 2.10. The van der Waals surface area contributed by atoms with Crippen LogP contribution < -0.4 is 20.7 Å². The molecule has 0 bridgehead atoms. The molecule has 0 atom stereocenters. The van der Waals surface area contributed by atoms with E-state index in [0.717, 1.165) is 11.3 Å². The van der Waals surface area contributed by atoms with Gasteiger partial charge in [0, 0.05) is 23.0 Å². The third-order valence-electron chi connectivity index (χ3n) is 4.34. The lowest BCUT2D eigenvalue weighted by molar-refractivity contribution is -0.115. The van der Waals surface area contributed by atoms with Crippen molar-refractivity contribution in [3.8, 4) is 5.75 Å². The highest BCUT2D eigenvalue weighted by Crippen LogP contribution is 2.20. The molecule has 6 nitrogen and oxygen atoms in total. The van der Waals surface area contributed by atoms with Crippen LogP contribution in [0.15, 0.2) is 72.8 Å². The monoisotopic (exact) mass is 483 g/mol. The Balaban J connectivity index is 1.56. The number of rotatable bonds is 6. The van der Waals surface area contributed by atoms with Gasteiger partial charge in [0.25, 0.3) is 5.91 Å². The van der Waals surface area contributed by atoms with Crippen LogP contribution in [-0.2, 0) is 4.79 Å². The lowest BCUT2D eigenvalue weighted by Gasteiger charge is -2.10. The van der Waals surface area contributed by atoms with E-state index in [-0.39, 0.29) is 10.1 Å². The van der Waals surface area contributed by atoms with Crippen LogP contribution in [0.25, 0.3) is 6.08 Å².